The topological polar surface area (TPSA) is 20.2 Å². The van der Waals surface area contributed by atoms with Gasteiger partial charge < -0.3 is 5.11 Å². The van der Waals surface area contributed by atoms with E-state index in [2.05, 4.69) is 39.0 Å². The average Bonchev–Trinajstić information content (AvgIpc) is 2.26. The van der Waals surface area contributed by atoms with Crippen LogP contribution in [0.25, 0.3) is 0 Å². The van der Waals surface area contributed by atoms with Crippen LogP contribution in [0.2, 0.25) is 0 Å². The van der Waals surface area contributed by atoms with Gasteiger partial charge in [-0.3, -0.25) is 0 Å². The molecule has 1 aromatic rings. The average molecular weight is 232 g/mol. The fourth-order valence-electron chi connectivity index (χ4n) is 2.76. The Morgan fingerprint density at radius 3 is 2.65 bits per heavy atom. The van der Waals surface area contributed by atoms with Crippen molar-refractivity contribution in [3.63, 3.8) is 0 Å². The van der Waals surface area contributed by atoms with Gasteiger partial charge >= 0.3 is 0 Å². The maximum atomic E-state index is 9.27. The number of hydrogen-bond donors (Lipinski definition) is 1. The van der Waals surface area contributed by atoms with Crippen LogP contribution in [0.15, 0.2) is 18.2 Å². The molecule has 1 aliphatic rings. The van der Waals surface area contributed by atoms with Gasteiger partial charge in [0, 0.05) is 6.61 Å². The van der Waals surface area contributed by atoms with E-state index in [-0.39, 0.29) is 0 Å². The van der Waals surface area contributed by atoms with E-state index in [0.717, 1.165) is 25.7 Å². The number of rotatable bonds is 2. The zero-order valence-corrected chi connectivity index (χ0v) is 11.3. The summed E-state index contributed by atoms with van der Waals surface area (Å²) in [7, 11) is 0. The molecule has 1 nitrogen and oxygen atoms in total. The normalized spacial score (nSPS) is 20.1. The van der Waals surface area contributed by atoms with E-state index < -0.39 is 0 Å². The van der Waals surface area contributed by atoms with Crippen LogP contribution in [0.5, 0.6) is 0 Å². The molecule has 2 rings (SSSR count). The molecule has 0 radical (unpaired) electrons. The predicted molar refractivity (Wildman–Crippen MR) is 72.2 cm³/mol. The summed E-state index contributed by atoms with van der Waals surface area (Å²) in [5.41, 5.74) is 4.75. The van der Waals surface area contributed by atoms with E-state index in [0.29, 0.717) is 17.9 Å². The number of aryl methyl sites for hydroxylation is 1. The van der Waals surface area contributed by atoms with E-state index in [1.807, 2.05) is 0 Å². The van der Waals surface area contributed by atoms with Gasteiger partial charge in [0.1, 0.15) is 0 Å². The summed E-state index contributed by atoms with van der Waals surface area (Å²) in [4.78, 5) is 0. The number of aliphatic hydroxyl groups is 1. The van der Waals surface area contributed by atoms with Crippen LogP contribution in [0.3, 0.4) is 0 Å². The van der Waals surface area contributed by atoms with Crippen LogP contribution < -0.4 is 0 Å². The molecule has 0 saturated carbocycles. The van der Waals surface area contributed by atoms with Crippen LogP contribution in [-0.4, -0.2) is 11.7 Å². The molecular formula is C16H24O. The van der Waals surface area contributed by atoms with Crippen molar-refractivity contribution in [2.75, 3.05) is 6.61 Å². The van der Waals surface area contributed by atoms with Gasteiger partial charge in [0.25, 0.3) is 0 Å². The molecule has 0 heterocycles. The van der Waals surface area contributed by atoms with Crippen molar-refractivity contribution < 1.29 is 5.11 Å². The highest BCUT2D eigenvalue weighted by Crippen LogP contribution is 2.28. The molecule has 0 saturated heterocycles. The minimum atomic E-state index is 0.336. The van der Waals surface area contributed by atoms with Crippen LogP contribution in [-0.2, 0) is 19.3 Å². The molecule has 0 fully saturated rings. The van der Waals surface area contributed by atoms with Crippen LogP contribution in [0, 0.1) is 11.3 Å². The quantitative estimate of drug-likeness (QED) is 0.829. The van der Waals surface area contributed by atoms with E-state index in [1.165, 1.54) is 16.7 Å². The maximum absolute atomic E-state index is 9.27. The van der Waals surface area contributed by atoms with Gasteiger partial charge in [-0.25, -0.2) is 0 Å². The first-order valence-electron chi connectivity index (χ1n) is 6.69. The third-order valence-corrected chi connectivity index (χ3v) is 3.59. The summed E-state index contributed by atoms with van der Waals surface area (Å²) in [5.74, 6) is 0.479. The molecule has 1 unspecified atom stereocenters. The minimum Gasteiger partial charge on any atom is -0.396 e. The summed E-state index contributed by atoms with van der Waals surface area (Å²) in [6, 6.07) is 6.94. The summed E-state index contributed by atoms with van der Waals surface area (Å²) in [6.07, 6.45) is 4.46. The smallest absolute Gasteiger partial charge is 0.0462 e. The van der Waals surface area contributed by atoms with Crippen LogP contribution >= 0.6 is 0 Å². The first-order chi connectivity index (χ1) is 7.98. The van der Waals surface area contributed by atoms with Crippen LogP contribution in [0.1, 0.15) is 43.9 Å². The van der Waals surface area contributed by atoms with Crippen molar-refractivity contribution in [1.82, 2.24) is 0 Å². The molecule has 1 aromatic carbocycles. The second-order valence-corrected chi connectivity index (χ2v) is 6.63. The Morgan fingerprint density at radius 1 is 1.24 bits per heavy atom. The molecule has 0 aliphatic heterocycles. The van der Waals surface area contributed by atoms with Gasteiger partial charge in [-0.05, 0) is 53.7 Å². The largest absolute Gasteiger partial charge is 0.396 e. The molecule has 0 spiro atoms. The molecule has 1 N–H and O–H groups in total. The first-order valence-corrected chi connectivity index (χ1v) is 6.69. The van der Waals surface area contributed by atoms with Crippen molar-refractivity contribution in [3.8, 4) is 0 Å². The van der Waals surface area contributed by atoms with Gasteiger partial charge in [0.05, 0.1) is 0 Å². The summed E-state index contributed by atoms with van der Waals surface area (Å²) < 4.78 is 0. The van der Waals surface area contributed by atoms with E-state index in [9.17, 15) is 5.11 Å². The highest BCUT2D eigenvalue weighted by molar-refractivity contribution is 5.34. The van der Waals surface area contributed by atoms with Crippen molar-refractivity contribution in [3.05, 3.63) is 34.9 Å². The third-order valence-electron chi connectivity index (χ3n) is 3.59. The van der Waals surface area contributed by atoms with Crippen molar-refractivity contribution in [1.29, 1.82) is 0 Å². The van der Waals surface area contributed by atoms with Gasteiger partial charge in [0.2, 0.25) is 0 Å². The zero-order chi connectivity index (χ0) is 12.5. The van der Waals surface area contributed by atoms with E-state index in [4.69, 9.17) is 0 Å². The number of aliphatic hydroxyl groups excluding tert-OH is 1. The fourth-order valence-corrected chi connectivity index (χ4v) is 2.76. The van der Waals surface area contributed by atoms with Gasteiger partial charge in [-0.1, -0.05) is 39.0 Å². The minimum absolute atomic E-state index is 0.336. The Balaban J connectivity index is 2.18. The molecular weight excluding hydrogens is 208 g/mol. The third kappa shape index (κ3) is 3.32. The molecule has 17 heavy (non-hydrogen) atoms. The number of benzene rings is 1. The Labute approximate surface area is 105 Å². The molecule has 94 valence electrons. The first kappa shape index (κ1) is 12.6. The Kier molecular flexibility index (Phi) is 3.58. The summed E-state index contributed by atoms with van der Waals surface area (Å²) in [6.45, 7) is 7.18. The molecule has 0 aromatic heterocycles. The second-order valence-electron chi connectivity index (χ2n) is 6.63. The number of fused-ring (bicyclic) bond motifs is 1. The highest BCUT2D eigenvalue weighted by atomic mass is 16.3. The Hall–Kier alpha value is -0.820. The Bertz CT molecular complexity index is 387. The fraction of sp³-hybridized carbons (Fsp3) is 0.625. The van der Waals surface area contributed by atoms with E-state index in [1.54, 1.807) is 0 Å². The lowest BCUT2D eigenvalue weighted by molar-refractivity contribution is 0.213. The molecule has 1 aliphatic carbocycles. The van der Waals surface area contributed by atoms with E-state index >= 15 is 0 Å². The monoisotopic (exact) mass is 232 g/mol. The lowest BCUT2D eigenvalue weighted by atomic mass is 9.81. The second kappa shape index (κ2) is 4.81. The van der Waals surface area contributed by atoms with Crippen molar-refractivity contribution in [2.24, 2.45) is 11.3 Å². The maximum Gasteiger partial charge on any atom is 0.0462 e. The molecule has 0 bridgehead atoms. The lowest BCUT2D eigenvalue weighted by Crippen LogP contribution is -2.18. The Morgan fingerprint density at radius 2 is 2.00 bits per heavy atom. The predicted octanol–water partition coefficient (Wildman–Crippen LogP) is 3.37. The van der Waals surface area contributed by atoms with Crippen LogP contribution in [0.4, 0.5) is 0 Å². The highest BCUT2D eigenvalue weighted by Gasteiger charge is 2.19. The van der Waals surface area contributed by atoms with Gasteiger partial charge in [-0.2, -0.15) is 0 Å². The molecule has 1 heteroatoms. The number of hydrogen-bond acceptors (Lipinski definition) is 1. The summed E-state index contributed by atoms with van der Waals surface area (Å²) in [5, 5.41) is 9.27. The van der Waals surface area contributed by atoms with Gasteiger partial charge in [0.15, 0.2) is 0 Å². The van der Waals surface area contributed by atoms with Crippen molar-refractivity contribution >= 4 is 0 Å². The standard InChI is InChI=1S/C16H24O/c1-16(2,3)10-12-4-6-14-7-5-13(11-17)9-15(14)8-12/h4,6,8,13,17H,5,7,9-11H2,1-3H3. The summed E-state index contributed by atoms with van der Waals surface area (Å²) >= 11 is 0. The lowest BCUT2D eigenvalue weighted by Gasteiger charge is -2.25. The van der Waals surface area contributed by atoms with Gasteiger partial charge in [-0.15, -0.1) is 0 Å². The zero-order valence-electron chi connectivity index (χ0n) is 11.3. The SMILES string of the molecule is CC(C)(C)Cc1ccc2c(c1)CC(CO)CC2. The molecule has 0 amide bonds. The molecule has 1 atom stereocenters. The van der Waals surface area contributed by atoms with Crippen molar-refractivity contribution in [2.45, 2.75) is 46.5 Å².